The average molecular weight is 499 g/mol. The normalized spacial score (nSPS) is 14.3. The zero-order valence-corrected chi connectivity index (χ0v) is 21.2. The summed E-state index contributed by atoms with van der Waals surface area (Å²) in [6.45, 7) is 6.51. The standard InChI is InChI=1S/C25H30N4O3S2/c1-3-4-5-20-7-9-21(10-8-20)27-34(31,32)22-11-6-19(2)23(18-22)24(30)28-13-15-29(16-14-28)25-26-12-17-33-25/h6-12,17-18,27H,3-5,13-16H2,1-2H3. The molecule has 2 aromatic carbocycles. The molecule has 0 aliphatic carbocycles. The molecule has 0 spiro atoms. The molecule has 9 heteroatoms. The highest BCUT2D eigenvalue weighted by atomic mass is 32.2. The molecule has 0 bridgehead atoms. The Morgan fingerprint density at radius 1 is 1.09 bits per heavy atom. The van der Waals surface area contributed by atoms with Crippen LogP contribution in [0.1, 0.15) is 41.3 Å². The molecule has 1 aliphatic heterocycles. The second-order valence-electron chi connectivity index (χ2n) is 8.48. The van der Waals surface area contributed by atoms with Crippen LogP contribution in [0.25, 0.3) is 0 Å². The van der Waals surface area contributed by atoms with Crippen molar-refractivity contribution in [2.45, 2.75) is 38.0 Å². The Labute approximate surface area is 205 Å². The van der Waals surface area contributed by atoms with E-state index in [0.29, 0.717) is 37.4 Å². The van der Waals surface area contributed by atoms with Crippen molar-refractivity contribution in [3.8, 4) is 0 Å². The van der Waals surface area contributed by atoms with Gasteiger partial charge in [0.2, 0.25) is 0 Å². The summed E-state index contributed by atoms with van der Waals surface area (Å²) in [7, 11) is -3.82. The Balaban J connectivity index is 1.46. The van der Waals surface area contributed by atoms with Gasteiger partial charge in [0.15, 0.2) is 5.13 Å². The van der Waals surface area contributed by atoms with Crippen molar-refractivity contribution in [1.82, 2.24) is 9.88 Å². The van der Waals surface area contributed by atoms with Crippen molar-refractivity contribution in [2.24, 2.45) is 0 Å². The summed E-state index contributed by atoms with van der Waals surface area (Å²) in [4.78, 5) is 21.6. The van der Waals surface area contributed by atoms with E-state index in [2.05, 4.69) is 21.5 Å². The highest BCUT2D eigenvalue weighted by Gasteiger charge is 2.26. The number of hydrogen-bond acceptors (Lipinski definition) is 6. The summed E-state index contributed by atoms with van der Waals surface area (Å²) >= 11 is 1.58. The van der Waals surface area contributed by atoms with Crippen LogP contribution < -0.4 is 9.62 Å². The van der Waals surface area contributed by atoms with Crippen LogP contribution >= 0.6 is 11.3 Å². The lowest BCUT2D eigenvalue weighted by Gasteiger charge is -2.34. The van der Waals surface area contributed by atoms with E-state index in [4.69, 9.17) is 0 Å². The maximum Gasteiger partial charge on any atom is 0.261 e. The largest absolute Gasteiger partial charge is 0.345 e. The van der Waals surface area contributed by atoms with Gasteiger partial charge < -0.3 is 9.80 Å². The van der Waals surface area contributed by atoms with E-state index in [9.17, 15) is 13.2 Å². The number of carbonyl (C=O) groups excluding carboxylic acids is 1. The topological polar surface area (TPSA) is 82.6 Å². The Bertz CT molecular complexity index is 1220. The number of sulfonamides is 1. The molecule has 3 aromatic rings. The fraction of sp³-hybridized carbons (Fsp3) is 0.360. The lowest BCUT2D eigenvalue weighted by molar-refractivity contribution is 0.0746. The Kier molecular flexibility index (Phi) is 7.53. The predicted octanol–water partition coefficient (Wildman–Crippen LogP) is 4.56. The fourth-order valence-corrected chi connectivity index (χ4v) is 5.76. The first-order chi connectivity index (χ1) is 16.4. The van der Waals surface area contributed by atoms with E-state index >= 15 is 0 Å². The van der Waals surface area contributed by atoms with Crippen LogP contribution in [-0.2, 0) is 16.4 Å². The van der Waals surface area contributed by atoms with Crippen molar-refractivity contribution < 1.29 is 13.2 Å². The van der Waals surface area contributed by atoms with Crippen LogP contribution in [-0.4, -0.2) is 50.4 Å². The summed E-state index contributed by atoms with van der Waals surface area (Å²) in [5.74, 6) is -0.145. The van der Waals surface area contributed by atoms with Crippen molar-refractivity contribution in [2.75, 3.05) is 35.8 Å². The molecule has 0 unspecified atom stereocenters. The van der Waals surface area contributed by atoms with Gasteiger partial charge in [0.1, 0.15) is 0 Å². The molecule has 34 heavy (non-hydrogen) atoms. The maximum absolute atomic E-state index is 13.3. The van der Waals surface area contributed by atoms with Crippen LogP contribution in [0.5, 0.6) is 0 Å². The third-order valence-corrected chi connectivity index (χ3v) is 8.24. The molecule has 180 valence electrons. The summed E-state index contributed by atoms with van der Waals surface area (Å²) in [5.41, 5.74) is 2.86. The lowest BCUT2D eigenvalue weighted by atomic mass is 10.1. The molecule has 1 N–H and O–H groups in total. The first-order valence-corrected chi connectivity index (χ1v) is 13.9. The molecule has 7 nitrogen and oxygen atoms in total. The number of aryl methyl sites for hydroxylation is 2. The number of piperazine rings is 1. The van der Waals surface area contributed by atoms with Gasteiger partial charge >= 0.3 is 0 Å². The Morgan fingerprint density at radius 2 is 1.82 bits per heavy atom. The SMILES string of the molecule is CCCCc1ccc(NS(=O)(=O)c2ccc(C)c(C(=O)N3CCN(c4nccs4)CC3)c2)cc1. The zero-order chi connectivity index (χ0) is 24.1. The first kappa shape index (κ1) is 24.2. The smallest absolute Gasteiger partial charge is 0.261 e. The Hall–Kier alpha value is -2.91. The number of unbranched alkanes of at least 4 members (excludes halogenated alkanes) is 1. The third-order valence-electron chi connectivity index (χ3n) is 6.03. The molecule has 1 fully saturated rings. The highest BCUT2D eigenvalue weighted by molar-refractivity contribution is 7.92. The zero-order valence-electron chi connectivity index (χ0n) is 19.5. The minimum Gasteiger partial charge on any atom is -0.345 e. The summed E-state index contributed by atoms with van der Waals surface area (Å²) in [5, 5.41) is 2.90. The number of nitrogens with one attached hydrogen (secondary N) is 1. The number of rotatable bonds is 8. The monoisotopic (exact) mass is 498 g/mol. The van der Waals surface area contributed by atoms with Crippen molar-refractivity contribution >= 4 is 38.1 Å². The molecule has 2 heterocycles. The van der Waals surface area contributed by atoms with E-state index in [1.165, 1.54) is 11.6 Å². The molecule has 1 aliphatic rings. The van der Waals surface area contributed by atoms with E-state index < -0.39 is 10.0 Å². The summed E-state index contributed by atoms with van der Waals surface area (Å²) in [6.07, 6.45) is 4.97. The summed E-state index contributed by atoms with van der Waals surface area (Å²) < 4.78 is 28.7. The number of anilines is 2. The molecule has 1 aromatic heterocycles. The first-order valence-electron chi connectivity index (χ1n) is 11.5. The van der Waals surface area contributed by atoms with Crippen LogP contribution in [0.15, 0.2) is 58.9 Å². The Morgan fingerprint density at radius 3 is 2.47 bits per heavy atom. The quantitative estimate of drug-likeness (QED) is 0.492. The van der Waals surface area contributed by atoms with E-state index in [1.54, 1.807) is 46.7 Å². The van der Waals surface area contributed by atoms with Crippen molar-refractivity contribution in [3.05, 3.63) is 70.7 Å². The second kappa shape index (κ2) is 10.6. The molecule has 1 amide bonds. The average Bonchev–Trinajstić information content (AvgIpc) is 3.38. The number of carbonyl (C=O) groups is 1. The minimum atomic E-state index is -3.82. The minimum absolute atomic E-state index is 0.0814. The van der Waals surface area contributed by atoms with Gasteiger partial charge in [-0.3, -0.25) is 9.52 Å². The van der Waals surface area contributed by atoms with Crippen LogP contribution in [0, 0.1) is 6.92 Å². The van der Waals surface area contributed by atoms with Gasteiger partial charge in [-0.15, -0.1) is 11.3 Å². The van der Waals surface area contributed by atoms with Gasteiger partial charge in [-0.25, -0.2) is 13.4 Å². The van der Waals surface area contributed by atoms with Gasteiger partial charge in [-0.1, -0.05) is 31.5 Å². The third kappa shape index (κ3) is 5.59. The van der Waals surface area contributed by atoms with Crippen LogP contribution in [0.2, 0.25) is 0 Å². The lowest BCUT2D eigenvalue weighted by Crippen LogP contribution is -2.49. The van der Waals surface area contributed by atoms with Gasteiger partial charge in [-0.2, -0.15) is 0 Å². The highest BCUT2D eigenvalue weighted by Crippen LogP contribution is 2.23. The molecule has 1 saturated heterocycles. The van der Waals surface area contributed by atoms with Gasteiger partial charge in [0.25, 0.3) is 15.9 Å². The van der Waals surface area contributed by atoms with Crippen molar-refractivity contribution in [3.63, 3.8) is 0 Å². The number of thiazole rings is 1. The van der Waals surface area contributed by atoms with Gasteiger partial charge in [-0.05, 0) is 55.2 Å². The predicted molar refractivity (Wildman–Crippen MR) is 137 cm³/mol. The van der Waals surface area contributed by atoms with E-state index in [1.807, 2.05) is 24.4 Å². The molecule has 0 atom stereocenters. The van der Waals surface area contributed by atoms with Crippen molar-refractivity contribution in [1.29, 1.82) is 0 Å². The van der Waals surface area contributed by atoms with Crippen LogP contribution in [0.4, 0.5) is 10.8 Å². The number of amides is 1. The number of hydrogen-bond donors (Lipinski definition) is 1. The number of aromatic nitrogens is 1. The van der Waals surface area contributed by atoms with Gasteiger partial charge in [0.05, 0.1) is 4.90 Å². The summed E-state index contributed by atoms with van der Waals surface area (Å²) in [6, 6.07) is 12.2. The fourth-order valence-electron chi connectivity index (χ4n) is 3.98. The molecule has 0 radical (unpaired) electrons. The molecule has 4 rings (SSSR count). The van der Waals surface area contributed by atoms with E-state index in [-0.39, 0.29) is 10.8 Å². The number of nitrogens with zero attached hydrogens (tertiary/aromatic N) is 3. The molecular formula is C25H30N4O3S2. The molecular weight excluding hydrogens is 468 g/mol. The van der Waals surface area contributed by atoms with Gasteiger partial charge in [0, 0.05) is 49.0 Å². The van der Waals surface area contributed by atoms with Crippen LogP contribution in [0.3, 0.4) is 0 Å². The number of benzene rings is 2. The maximum atomic E-state index is 13.3. The second-order valence-corrected chi connectivity index (χ2v) is 11.0. The van der Waals surface area contributed by atoms with E-state index in [0.717, 1.165) is 30.0 Å². The molecule has 0 saturated carbocycles.